The highest BCUT2D eigenvalue weighted by molar-refractivity contribution is 6.30. The van der Waals surface area contributed by atoms with E-state index in [0.717, 1.165) is 17.5 Å². The first-order valence-corrected chi connectivity index (χ1v) is 9.00. The lowest BCUT2D eigenvalue weighted by Gasteiger charge is -2.35. The summed E-state index contributed by atoms with van der Waals surface area (Å²) >= 11 is 12.1. The third-order valence-electron chi connectivity index (χ3n) is 4.09. The van der Waals surface area contributed by atoms with Gasteiger partial charge in [-0.25, -0.2) is 0 Å². The molecule has 1 aliphatic heterocycles. The Bertz CT molecular complexity index is 725. The average molecular weight is 377 g/mol. The van der Waals surface area contributed by atoms with Gasteiger partial charge in [-0.05, 0) is 48.7 Å². The Labute approximate surface area is 159 Å². The van der Waals surface area contributed by atoms with Crippen molar-refractivity contribution in [2.75, 3.05) is 0 Å². The molecule has 0 radical (unpaired) electrons. The molecule has 1 saturated heterocycles. The monoisotopic (exact) mass is 376 g/mol. The van der Waals surface area contributed by atoms with Gasteiger partial charge in [0.05, 0.1) is 5.92 Å². The van der Waals surface area contributed by atoms with E-state index in [1.54, 1.807) is 6.08 Å². The van der Waals surface area contributed by atoms with Crippen LogP contribution in [-0.4, -0.2) is 5.97 Å². The summed E-state index contributed by atoms with van der Waals surface area (Å²) in [5, 5.41) is 1.36. The number of carbonyl (C=O) groups excluding carboxylic acids is 1. The van der Waals surface area contributed by atoms with Crippen molar-refractivity contribution in [2.24, 2.45) is 5.92 Å². The van der Waals surface area contributed by atoms with E-state index in [-0.39, 0.29) is 23.9 Å². The summed E-state index contributed by atoms with van der Waals surface area (Å²) in [5.41, 5.74) is 2.04. The largest absolute Gasteiger partial charge is 0.457 e. The number of halogens is 2. The number of rotatable bonds is 2. The lowest BCUT2D eigenvalue weighted by atomic mass is 9.80. The van der Waals surface area contributed by atoms with Crippen molar-refractivity contribution in [1.82, 2.24) is 0 Å². The second-order valence-electron chi connectivity index (χ2n) is 6.12. The normalized spacial score (nSPS) is 22.4. The second kappa shape index (κ2) is 9.07. The Morgan fingerprint density at radius 3 is 2.32 bits per heavy atom. The fraction of sp³-hybridized carbons (Fsp3) is 0.286. The SMILES string of the molecule is C=CC.CC1CC(c2cccc(Cl)c2)C(c2ccc(Cl)cc2)OC1=O. The smallest absolute Gasteiger partial charge is 0.309 e. The maximum absolute atomic E-state index is 12.0. The zero-order valence-electron chi connectivity index (χ0n) is 14.4. The molecule has 2 nitrogen and oxygen atoms in total. The molecular weight excluding hydrogens is 355 g/mol. The van der Waals surface area contributed by atoms with Crippen molar-refractivity contribution in [3.8, 4) is 0 Å². The fourth-order valence-electron chi connectivity index (χ4n) is 2.93. The van der Waals surface area contributed by atoms with Crippen LogP contribution in [0, 0.1) is 5.92 Å². The van der Waals surface area contributed by atoms with Gasteiger partial charge in [0.25, 0.3) is 0 Å². The number of hydrogen-bond acceptors (Lipinski definition) is 2. The van der Waals surface area contributed by atoms with Crippen LogP contribution in [0.5, 0.6) is 0 Å². The summed E-state index contributed by atoms with van der Waals surface area (Å²) < 4.78 is 5.71. The van der Waals surface area contributed by atoms with Crippen molar-refractivity contribution in [3.05, 3.63) is 82.4 Å². The molecule has 1 aliphatic rings. The first-order chi connectivity index (χ1) is 12.0. The van der Waals surface area contributed by atoms with E-state index in [0.29, 0.717) is 10.0 Å². The fourth-order valence-corrected chi connectivity index (χ4v) is 3.25. The Hall–Kier alpha value is -1.77. The van der Waals surface area contributed by atoms with Crippen LogP contribution >= 0.6 is 23.2 Å². The molecule has 0 saturated carbocycles. The number of carbonyl (C=O) groups is 1. The van der Waals surface area contributed by atoms with Crippen LogP contribution in [0.3, 0.4) is 0 Å². The second-order valence-corrected chi connectivity index (χ2v) is 6.99. The van der Waals surface area contributed by atoms with Gasteiger partial charge >= 0.3 is 5.97 Å². The minimum Gasteiger partial charge on any atom is -0.457 e. The molecule has 0 aliphatic carbocycles. The van der Waals surface area contributed by atoms with Crippen molar-refractivity contribution >= 4 is 29.2 Å². The van der Waals surface area contributed by atoms with Crippen LogP contribution in [0.4, 0.5) is 0 Å². The van der Waals surface area contributed by atoms with E-state index in [4.69, 9.17) is 27.9 Å². The highest BCUT2D eigenvalue weighted by Crippen LogP contribution is 2.43. The van der Waals surface area contributed by atoms with Gasteiger partial charge in [0.15, 0.2) is 0 Å². The molecular formula is C21H22Cl2O2. The molecule has 132 valence electrons. The van der Waals surface area contributed by atoms with Gasteiger partial charge in [0, 0.05) is 16.0 Å². The summed E-state index contributed by atoms with van der Waals surface area (Å²) in [6.07, 6.45) is 2.19. The number of cyclic esters (lactones) is 1. The van der Waals surface area contributed by atoms with E-state index < -0.39 is 0 Å². The zero-order valence-corrected chi connectivity index (χ0v) is 15.9. The molecule has 1 fully saturated rings. The van der Waals surface area contributed by atoms with Gasteiger partial charge in [-0.15, -0.1) is 6.58 Å². The summed E-state index contributed by atoms with van der Waals surface area (Å²) in [7, 11) is 0. The predicted molar refractivity (Wildman–Crippen MR) is 104 cm³/mol. The van der Waals surface area contributed by atoms with Crippen LogP contribution in [0.25, 0.3) is 0 Å². The van der Waals surface area contributed by atoms with Crippen molar-refractivity contribution < 1.29 is 9.53 Å². The van der Waals surface area contributed by atoms with E-state index in [2.05, 4.69) is 6.58 Å². The average Bonchev–Trinajstić information content (AvgIpc) is 2.58. The van der Waals surface area contributed by atoms with Gasteiger partial charge in [-0.1, -0.05) is 60.5 Å². The molecule has 3 atom stereocenters. The quantitative estimate of drug-likeness (QED) is 0.436. The van der Waals surface area contributed by atoms with Crippen LogP contribution in [0.1, 0.15) is 43.4 Å². The molecule has 1 heterocycles. The minimum absolute atomic E-state index is 0.0903. The molecule has 4 heteroatoms. The Kier molecular flexibility index (Phi) is 7.10. The number of hydrogen-bond donors (Lipinski definition) is 0. The van der Waals surface area contributed by atoms with E-state index >= 15 is 0 Å². The van der Waals surface area contributed by atoms with Gasteiger partial charge in [-0.2, -0.15) is 0 Å². The summed E-state index contributed by atoms with van der Waals surface area (Å²) in [6, 6.07) is 15.2. The maximum atomic E-state index is 12.0. The van der Waals surface area contributed by atoms with Crippen LogP contribution in [0.15, 0.2) is 61.2 Å². The predicted octanol–water partition coefficient (Wildman–Crippen LogP) is 6.59. The van der Waals surface area contributed by atoms with Gasteiger partial charge in [-0.3, -0.25) is 4.79 Å². The number of allylic oxidation sites excluding steroid dienone is 1. The molecule has 0 amide bonds. The maximum Gasteiger partial charge on any atom is 0.309 e. The molecule has 0 aromatic heterocycles. The van der Waals surface area contributed by atoms with Crippen LogP contribution in [0.2, 0.25) is 10.0 Å². The first kappa shape index (κ1) is 19.6. The van der Waals surface area contributed by atoms with Gasteiger partial charge < -0.3 is 4.74 Å². The van der Waals surface area contributed by atoms with Crippen molar-refractivity contribution in [3.63, 3.8) is 0 Å². The topological polar surface area (TPSA) is 26.3 Å². The molecule has 0 bridgehead atoms. The standard InChI is InChI=1S/C18H16Cl2O2.C3H6/c1-11-9-16(13-3-2-4-15(20)10-13)17(22-18(11)21)12-5-7-14(19)8-6-12;1-3-2/h2-8,10-11,16-17H,9H2,1H3;3H,1H2,2H3. The highest BCUT2D eigenvalue weighted by atomic mass is 35.5. The van der Waals surface area contributed by atoms with Crippen molar-refractivity contribution in [2.45, 2.75) is 32.3 Å². The molecule has 0 spiro atoms. The molecule has 3 rings (SSSR count). The number of esters is 1. The Morgan fingerprint density at radius 2 is 1.72 bits per heavy atom. The van der Waals surface area contributed by atoms with E-state index in [1.165, 1.54) is 0 Å². The number of benzene rings is 2. The summed E-state index contributed by atoms with van der Waals surface area (Å²) in [5.74, 6) is -0.182. The zero-order chi connectivity index (χ0) is 18.4. The lowest BCUT2D eigenvalue weighted by Crippen LogP contribution is -2.30. The minimum atomic E-state index is -0.306. The van der Waals surface area contributed by atoms with E-state index in [9.17, 15) is 4.79 Å². The molecule has 3 unspecified atom stereocenters. The van der Waals surface area contributed by atoms with E-state index in [1.807, 2.05) is 62.4 Å². The van der Waals surface area contributed by atoms with Gasteiger partial charge in [0.2, 0.25) is 0 Å². The molecule has 0 N–H and O–H groups in total. The Morgan fingerprint density at radius 1 is 1.08 bits per heavy atom. The molecule has 2 aromatic rings. The summed E-state index contributed by atoms with van der Waals surface area (Å²) in [6.45, 7) is 7.15. The third-order valence-corrected chi connectivity index (χ3v) is 4.58. The van der Waals surface area contributed by atoms with Crippen LogP contribution in [-0.2, 0) is 9.53 Å². The Balaban J connectivity index is 0.000000701. The first-order valence-electron chi connectivity index (χ1n) is 8.24. The van der Waals surface area contributed by atoms with Crippen molar-refractivity contribution in [1.29, 1.82) is 0 Å². The van der Waals surface area contributed by atoms with Crippen LogP contribution < -0.4 is 0 Å². The molecule has 2 aromatic carbocycles. The summed E-state index contributed by atoms with van der Waals surface area (Å²) in [4.78, 5) is 12.0. The molecule has 25 heavy (non-hydrogen) atoms. The highest BCUT2D eigenvalue weighted by Gasteiger charge is 2.37. The third kappa shape index (κ3) is 5.10. The lowest BCUT2D eigenvalue weighted by molar-refractivity contribution is -0.162. The number of ether oxygens (including phenoxy) is 1. The van der Waals surface area contributed by atoms with Gasteiger partial charge in [0.1, 0.15) is 6.10 Å².